The number of nitrogens with zero attached hydrogens (tertiary/aromatic N) is 1. The Hall–Kier alpha value is -3.45. The molecule has 0 radical (unpaired) electrons. The number of hydrogen-bond donors (Lipinski definition) is 4. The molecule has 1 aromatic heterocycles. The van der Waals surface area contributed by atoms with Crippen molar-refractivity contribution in [3.63, 3.8) is 0 Å². The number of aromatic carboxylic acids is 1. The van der Waals surface area contributed by atoms with Crippen LogP contribution in [0.15, 0.2) is 60.7 Å². The molecule has 7 heteroatoms. The van der Waals surface area contributed by atoms with Gasteiger partial charge in [0, 0.05) is 18.7 Å². The Kier molecular flexibility index (Phi) is 6.18. The van der Waals surface area contributed by atoms with Crippen LogP contribution in [0.2, 0.25) is 0 Å². The highest BCUT2D eigenvalue weighted by Gasteiger charge is 2.18. The molecule has 0 fully saturated rings. The van der Waals surface area contributed by atoms with Gasteiger partial charge in [-0.3, -0.25) is 9.89 Å². The molecule has 0 spiro atoms. The van der Waals surface area contributed by atoms with Gasteiger partial charge in [0.15, 0.2) is 5.69 Å². The third kappa shape index (κ3) is 4.83. The largest absolute Gasteiger partial charge is 0.477 e. The van der Waals surface area contributed by atoms with Gasteiger partial charge in [0.25, 0.3) is 5.91 Å². The molecule has 1 heterocycles. The average Bonchev–Trinajstić information content (AvgIpc) is 3.20. The SMILES string of the molecule is O=C(NC(CCO)Cc1ccc(-c2ccccc2)cc1)c1cc(C(=O)O)[nH]n1. The fourth-order valence-corrected chi connectivity index (χ4v) is 2.94. The second kappa shape index (κ2) is 8.96. The predicted octanol–water partition coefficient (Wildman–Crippen LogP) is 2.50. The van der Waals surface area contributed by atoms with Crippen LogP contribution in [0.25, 0.3) is 11.1 Å². The number of carboxylic acid groups (broad SMARTS) is 1. The molecule has 2 aromatic carbocycles. The maximum absolute atomic E-state index is 12.3. The van der Waals surface area contributed by atoms with E-state index in [2.05, 4.69) is 15.5 Å². The van der Waals surface area contributed by atoms with E-state index >= 15 is 0 Å². The van der Waals surface area contributed by atoms with Crippen LogP contribution in [-0.4, -0.2) is 44.9 Å². The zero-order chi connectivity index (χ0) is 19.9. The highest BCUT2D eigenvalue weighted by atomic mass is 16.4. The van der Waals surface area contributed by atoms with Crippen LogP contribution in [0, 0.1) is 0 Å². The number of carbonyl (C=O) groups is 2. The minimum Gasteiger partial charge on any atom is -0.477 e. The van der Waals surface area contributed by atoms with Crippen molar-refractivity contribution in [1.29, 1.82) is 0 Å². The number of rotatable bonds is 8. The van der Waals surface area contributed by atoms with E-state index in [9.17, 15) is 14.7 Å². The molecule has 0 aliphatic rings. The Labute approximate surface area is 162 Å². The van der Waals surface area contributed by atoms with E-state index in [4.69, 9.17) is 5.11 Å². The van der Waals surface area contributed by atoms with Crippen molar-refractivity contribution in [3.8, 4) is 11.1 Å². The van der Waals surface area contributed by atoms with E-state index in [1.54, 1.807) is 0 Å². The van der Waals surface area contributed by atoms with E-state index < -0.39 is 11.9 Å². The lowest BCUT2D eigenvalue weighted by atomic mass is 9.99. The molecule has 0 bridgehead atoms. The van der Waals surface area contributed by atoms with Gasteiger partial charge in [-0.15, -0.1) is 0 Å². The van der Waals surface area contributed by atoms with Crippen LogP contribution in [0.1, 0.15) is 33.0 Å². The van der Waals surface area contributed by atoms with Crippen molar-refractivity contribution in [1.82, 2.24) is 15.5 Å². The van der Waals surface area contributed by atoms with E-state index in [1.165, 1.54) is 6.07 Å². The number of carboxylic acids is 1. The van der Waals surface area contributed by atoms with Crippen molar-refractivity contribution < 1.29 is 19.8 Å². The second-order valence-corrected chi connectivity index (χ2v) is 6.42. The lowest BCUT2D eigenvalue weighted by Crippen LogP contribution is -2.37. The summed E-state index contributed by atoms with van der Waals surface area (Å²) >= 11 is 0. The first-order valence-corrected chi connectivity index (χ1v) is 8.91. The molecule has 0 saturated carbocycles. The minimum atomic E-state index is -1.18. The summed E-state index contributed by atoms with van der Waals surface area (Å²) in [4.78, 5) is 23.2. The van der Waals surface area contributed by atoms with Crippen LogP contribution in [-0.2, 0) is 6.42 Å². The van der Waals surface area contributed by atoms with Crippen molar-refractivity contribution in [2.24, 2.45) is 0 Å². The number of nitrogens with one attached hydrogen (secondary N) is 2. The topological polar surface area (TPSA) is 115 Å². The Morgan fingerprint density at radius 1 is 1.04 bits per heavy atom. The number of aromatic amines is 1. The zero-order valence-electron chi connectivity index (χ0n) is 15.1. The molecular formula is C21H21N3O4. The molecule has 7 nitrogen and oxygen atoms in total. The number of aliphatic hydroxyl groups excluding tert-OH is 1. The van der Waals surface area contributed by atoms with Crippen LogP contribution < -0.4 is 5.32 Å². The molecule has 3 rings (SSSR count). The Bertz CT molecular complexity index is 936. The van der Waals surface area contributed by atoms with E-state index in [-0.39, 0.29) is 24.0 Å². The maximum Gasteiger partial charge on any atom is 0.353 e. The van der Waals surface area contributed by atoms with Gasteiger partial charge in [0.2, 0.25) is 0 Å². The first-order valence-electron chi connectivity index (χ1n) is 8.91. The first-order chi connectivity index (χ1) is 13.6. The predicted molar refractivity (Wildman–Crippen MR) is 104 cm³/mol. The second-order valence-electron chi connectivity index (χ2n) is 6.42. The van der Waals surface area contributed by atoms with E-state index in [1.807, 2.05) is 54.6 Å². The van der Waals surface area contributed by atoms with Crippen molar-refractivity contribution in [2.75, 3.05) is 6.61 Å². The number of hydrogen-bond acceptors (Lipinski definition) is 4. The number of amides is 1. The number of H-pyrrole nitrogens is 1. The van der Waals surface area contributed by atoms with Crippen LogP contribution in [0.4, 0.5) is 0 Å². The summed E-state index contributed by atoms with van der Waals surface area (Å²) in [7, 11) is 0. The third-order valence-corrected chi connectivity index (χ3v) is 4.40. The number of aliphatic hydroxyl groups is 1. The monoisotopic (exact) mass is 379 g/mol. The molecule has 3 aromatic rings. The molecule has 28 heavy (non-hydrogen) atoms. The van der Waals surface area contributed by atoms with Gasteiger partial charge in [-0.25, -0.2) is 4.79 Å². The first kappa shape index (κ1) is 19.3. The van der Waals surface area contributed by atoms with Gasteiger partial charge in [-0.1, -0.05) is 54.6 Å². The summed E-state index contributed by atoms with van der Waals surface area (Å²) in [6.07, 6.45) is 0.917. The van der Waals surface area contributed by atoms with Gasteiger partial charge in [-0.05, 0) is 29.5 Å². The zero-order valence-corrected chi connectivity index (χ0v) is 15.1. The summed E-state index contributed by atoms with van der Waals surface area (Å²) in [6, 6.07) is 18.9. The van der Waals surface area contributed by atoms with Crippen LogP contribution >= 0.6 is 0 Å². The Morgan fingerprint density at radius 3 is 2.32 bits per heavy atom. The van der Waals surface area contributed by atoms with Gasteiger partial charge in [-0.2, -0.15) is 5.10 Å². The molecular weight excluding hydrogens is 358 g/mol. The molecule has 1 unspecified atom stereocenters. The summed E-state index contributed by atoms with van der Waals surface area (Å²) in [5, 5.41) is 27.1. The number of carbonyl (C=O) groups excluding carboxylic acids is 1. The number of aromatic nitrogens is 2. The molecule has 0 aliphatic heterocycles. The van der Waals surface area contributed by atoms with Crippen molar-refractivity contribution >= 4 is 11.9 Å². The molecule has 1 amide bonds. The van der Waals surface area contributed by atoms with E-state index in [0.29, 0.717) is 12.8 Å². The highest BCUT2D eigenvalue weighted by molar-refractivity contribution is 5.95. The van der Waals surface area contributed by atoms with Crippen LogP contribution in [0.5, 0.6) is 0 Å². The average molecular weight is 379 g/mol. The minimum absolute atomic E-state index is 0.000217. The maximum atomic E-state index is 12.3. The van der Waals surface area contributed by atoms with Gasteiger partial charge >= 0.3 is 5.97 Å². The van der Waals surface area contributed by atoms with Gasteiger partial charge in [0.05, 0.1) is 0 Å². The van der Waals surface area contributed by atoms with Crippen molar-refractivity contribution in [3.05, 3.63) is 77.6 Å². The van der Waals surface area contributed by atoms with Gasteiger partial charge < -0.3 is 15.5 Å². The Morgan fingerprint density at radius 2 is 1.71 bits per heavy atom. The molecule has 0 aliphatic carbocycles. The standard InChI is InChI=1S/C21H21N3O4/c25-11-10-17(22-20(26)18-13-19(21(27)28)24-23-18)12-14-6-8-16(9-7-14)15-4-2-1-3-5-15/h1-9,13,17,25H,10-12H2,(H,22,26)(H,23,24)(H,27,28). The van der Waals surface area contributed by atoms with Gasteiger partial charge in [0.1, 0.15) is 5.69 Å². The summed E-state index contributed by atoms with van der Waals surface area (Å²) < 4.78 is 0. The molecule has 0 saturated heterocycles. The fourth-order valence-electron chi connectivity index (χ4n) is 2.94. The van der Waals surface area contributed by atoms with Crippen LogP contribution in [0.3, 0.4) is 0 Å². The lowest BCUT2D eigenvalue weighted by Gasteiger charge is -2.17. The molecule has 144 valence electrons. The Balaban J connectivity index is 1.66. The van der Waals surface area contributed by atoms with Crippen molar-refractivity contribution in [2.45, 2.75) is 18.9 Å². The fraction of sp³-hybridized carbons (Fsp3) is 0.190. The summed E-state index contributed by atoms with van der Waals surface area (Å²) in [5.74, 6) is -1.67. The normalized spacial score (nSPS) is 11.8. The van der Waals surface area contributed by atoms with E-state index in [0.717, 1.165) is 16.7 Å². The summed E-state index contributed by atoms with van der Waals surface area (Å²) in [6.45, 7) is -0.0754. The summed E-state index contributed by atoms with van der Waals surface area (Å²) in [5.41, 5.74) is 3.10. The smallest absolute Gasteiger partial charge is 0.353 e. The lowest BCUT2D eigenvalue weighted by molar-refractivity contribution is 0.0690. The number of benzene rings is 2. The molecule has 1 atom stereocenters. The third-order valence-electron chi connectivity index (χ3n) is 4.40. The quantitative estimate of drug-likeness (QED) is 0.480. The highest BCUT2D eigenvalue weighted by Crippen LogP contribution is 2.20. The molecule has 4 N–H and O–H groups in total.